The maximum absolute atomic E-state index is 13.1. The summed E-state index contributed by atoms with van der Waals surface area (Å²) in [4.78, 5) is 12.6. The number of carbonyl (C=O) groups is 1. The molecule has 1 N–H and O–H groups in total. The van der Waals surface area contributed by atoms with Gasteiger partial charge in [0.2, 0.25) is 3.79 Å². The number of carbonyl (C=O) groups excluding carboxylic acids is 1. The summed E-state index contributed by atoms with van der Waals surface area (Å²) in [5.41, 5.74) is 3.12. The summed E-state index contributed by atoms with van der Waals surface area (Å²) < 4.78 is 16.6. The van der Waals surface area contributed by atoms with Gasteiger partial charge in [0, 0.05) is 6.61 Å². The number of aryl methyl sites for hydroxylation is 2. The number of aliphatic hydroxyl groups excluding tert-OH is 1. The lowest BCUT2D eigenvalue weighted by Crippen LogP contribution is -2.27. The zero-order valence-electron chi connectivity index (χ0n) is 16.3. The van der Waals surface area contributed by atoms with Crippen LogP contribution in [0.5, 0.6) is 0 Å². The first-order valence-corrected chi connectivity index (χ1v) is 11.7. The van der Waals surface area contributed by atoms with Gasteiger partial charge in [-0.15, -0.1) is 11.8 Å². The summed E-state index contributed by atoms with van der Waals surface area (Å²) in [7, 11) is 0. The topological polar surface area (TPSA) is 46.5 Å². The smallest absolute Gasteiger partial charge is 0.319 e. The van der Waals surface area contributed by atoms with E-state index in [0.717, 1.165) is 23.1 Å². The van der Waals surface area contributed by atoms with Gasteiger partial charge in [0.1, 0.15) is 17.7 Å². The number of rotatable bonds is 11. The number of thioether (sulfide) groups is 1. The van der Waals surface area contributed by atoms with Crippen LogP contribution in [0.1, 0.15) is 23.1 Å². The average molecular weight is 494 g/mol. The molecule has 0 bridgehead atoms. The Morgan fingerprint density at radius 2 is 1.57 bits per heavy atom. The molecule has 8 heteroatoms. The largest absolute Gasteiger partial charge is 0.460 e. The van der Waals surface area contributed by atoms with E-state index in [2.05, 4.69) is 0 Å². The fourth-order valence-electron chi connectivity index (χ4n) is 2.77. The number of ether oxygens (including phenoxy) is 1. The van der Waals surface area contributed by atoms with E-state index in [-0.39, 0.29) is 19.0 Å². The minimum absolute atomic E-state index is 0.156. The highest BCUT2D eigenvalue weighted by molar-refractivity contribution is 8.00. The molecular weight excluding hydrogens is 470 g/mol. The van der Waals surface area contributed by atoms with Gasteiger partial charge in [0.25, 0.3) is 0 Å². The molecule has 3 nitrogen and oxygen atoms in total. The van der Waals surface area contributed by atoms with E-state index in [0.29, 0.717) is 25.0 Å². The van der Waals surface area contributed by atoms with Crippen LogP contribution in [0, 0.1) is 5.82 Å². The maximum Gasteiger partial charge on any atom is 0.319 e. The van der Waals surface area contributed by atoms with Crippen LogP contribution in [0.15, 0.2) is 48.5 Å². The number of hydrogen-bond donors (Lipinski definition) is 1. The molecule has 0 aliphatic carbocycles. The van der Waals surface area contributed by atoms with Crippen LogP contribution >= 0.6 is 46.6 Å². The third kappa shape index (κ3) is 9.88. The lowest BCUT2D eigenvalue weighted by molar-refractivity contribution is -0.142. The summed E-state index contributed by atoms with van der Waals surface area (Å²) in [6, 6.07) is 14.3. The minimum atomic E-state index is -1.66. The number of hydrogen-bond acceptors (Lipinski definition) is 4. The van der Waals surface area contributed by atoms with Crippen molar-refractivity contribution < 1.29 is 19.0 Å². The lowest BCUT2D eigenvalue weighted by atomic mass is 10.0. The van der Waals surface area contributed by atoms with E-state index in [4.69, 9.17) is 44.6 Å². The average Bonchev–Trinajstić information content (AvgIpc) is 2.71. The van der Waals surface area contributed by atoms with Crippen LogP contribution in [0.25, 0.3) is 0 Å². The Morgan fingerprint density at radius 1 is 1.00 bits per heavy atom. The predicted octanol–water partition coefficient (Wildman–Crippen LogP) is 5.55. The summed E-state index contributed by atoms with van der Waals surface area (Å²) in [6.07, 6.45) is 2.69. The second-order valence-corrected chi connectivity index (χ2v) is 10.6. The predicted molar refractivity (Wildman–Crippen MR) is 123 cm³/mol. The highest BCUT2D eigenvalue weighted by Gasteiger charge is 2.26. The Labute approximate surface area is 195 Å². The molecule has 30 heavy (non-hydrogen) atoms. The van der Waals surface area contributed by atoms with Crippen molar-refractivity contribution in [3.63, 3.8) is 0 Å². The van der Waals surface area contributed by atoms with Gasteiger partial charge in [-0.2, -0.15) is 0 Å². The summed E-state index contributed by atoms with van der Waals surface area (Å²) in [6.45, 7) is -0.158. The monoisotopic (exact) mass is 492 g/mol. The lowest BCUT2D eigenvalue weighted by Gasteiger charge is -2.18. The Bertz CT molecular complexity index is 780. The molecule has 0 heterocycles. The Hall–Kier alpha value is -0.980. The normalized spacial score (nSPS) is 12.6. The van der Waals surface area contributed by atoms with Gasteiger partial charge in [-0.05, 0) is 60.3 Å². The number of alkyl halides is 3. The molecule has 1 unspecified atom stereocenters. The van der Waals surface area contributed by atoms with E-state index < -0.39 is 15.0 Å². The van der Waals surface area contributed by atoms with Crippen LogP contribution in [0.2, 0.25) is 0 Å². The van der Waals surface area contributed by atoms with Gasteiger partial charge in [0.15, 0.2) is 0 Å². The Balaban J connectivity index is 1.98. The van der Waals surface area contributed by atoms with Crippen molar-refractivity contribution in [2.24, 2.45) is 0 Å². The zero-order valence-corrected chi connectivity index (χ0v) is 19.4. The van der Waals surface area contributed by atoms with Crippen molar-refractivity contribution >= 4 is 52.5 Å². The minimum Gasteiger partial charge on any atom is -0.460 e. The molecule has 0 aliphatic heterocycles. The quantitative estimate of drug-likeness (QED) is 0.329. The molecule has 2 aromatic carbocycles. The van der Waals surface area contributed by atoms with Crippen molar-refractivity contribution in [1.82, 2.24) is 0 Å². The molecular formula is C22H24Cl3FO3S. The van der Waals surface area contributed by atoms with Crippen LogP contribution in [0.4, 0.5) is 4.39 Å². The van der Waals surface area contributed by atoms with Gasteiger partial charge >= 0.3 is 5.97 Å². The van der Waals surface area contributed by atoms with Gasteiger partial charge in [-0.25, -0.2) is 4.39 Å². The van der Waals surface area contributed by atoms with E-state index in [9.17, 15) is 9.18 Å². The highest BCUT2D eigenvalue weighted by Crippen LogP contribution is 2.27. The van der Waals surface area contributed by atoms with Crippen LogP contribution in [-0.4, -0.2) is 39.1 Å². The molecule has 0 radical (unpaired) electrons. The van der Waals surface area contributed by atoms with E-state index in [1.165, 1.54) is 23.9 Å². The SMILES string of the molecule is O=C(OCC(Cl)(Cl)Cl)C(Cc1ccc(CCCO)cc1)SCCc1ccc(F)cc1. The summed E-state index contributed by atoms with van der Waals surface area (Å²) in [5, 5.41) is 8.49. The third-order valence-corrected chi connectivity index (χ3v) is 5.86. The first-order chi connectivity index (χ1) is 14.3. The first kappa shape index (κ1) is 25.3. The molecule has 0 amide bonds. The molecule has 0 aromatic heterocycles. The van der Waals surface area contributed by atoms with Crippen molar-refractivity contribution in [3.8, 4) is 0 Å². The van der Waals surface area contributed by atoms with Crippen LogP contribution < -0.4 is 0 Å². The van der Waals surface area contributed by atoms with Crippen molar-refractivity contribution in [3.05, 3.63) is 71.0 Å². The number of aliphatic hydroxyl groups is 1. The maximum atomic E-state index is 13.1. The van der Waals surface area contributed by atoms with Gasteiger partial charge in [0.05, 0.1) is 0 Å². The zero-order chi connectivity index (χ0) is 22.0. The van der Waals surface area contributed by atoms with Crippen molar-refractivity contribution in [2.45, 2.75) is 34.7 Å². The standard InChI is InChI=1S/C22H24Cl3FO3S/c23-22(24,25)15-29-21(28)20(30-13-11-17-7-9-19(26)10-8-17)14-18-5-3-16(4-6-18)2-1-12-27/h3-10,20,27H,1-2,11-15H2. The van der Waals surface area contributed by atoms with Crippen molar-refractivity contribution in [1.29, 1.82) is 0 Å². The van der Waals surface area contributed by atoms with E-state index >= 15 is 0 Å². The second-order valence-electron chi connectivity index (χ2n) is 6.81. The summed E-state index contributed by atoms with van der Waals surface area (Å²) >= 11 is 18.6. The van der Waals surface area contributed by atoms with E-state index in [1.807, 2.05) is 24.3 Å². The van der Waals surface area contributed by atoms with Crippen molar-refractivity contribution in [2.75, 3.05) is 19.0 Å². The molecule has 164 valence electrons. The fraction of sp³-hybridized carbons (Fsp3) is 0.409. The Kier molecular flexibility index (Phi) is 10.8. The molecule has 0 aliphatic rings. The van der Waals surface area contributed by atoms with Gasteiger partial charge in [-0.1, -0.05) is 71.2 Å². The Morgan fingerprint density at radius 3 is 2.17 bits per heavy atom. The highest BCUT2D eigenvalue weighted by atomic mass is 35.6. The molecule has 0 spiro atoms. The number of esters is 1. The third-order valence-electron chi connectivity index (χ3n) is 4.33. The molecule has 2 aromatic rings. The molecule has 0 saturated heterocycles. The van der Waals surface area contributed by atoms with E-state index in [1.54, 1.807) is 12.1 Å². The fourth-order valence-corrected chi connectivity index (χ4v) is 4.08. The summed E-state index contributed by atoms with van der Waals surface area (Å²) in [5.74, 6) is -0.0508. The number of benzene rings is 2. The molecule has 0 saturated carbocycles. The molecule has 0 fully saturated rings. The first-order valence-electron chi connectivity index (χ1n) is 9.55. The molecule has 2 rings (SSSR count). The van der Waals surface area contributed by atoms with Gasteiger partial charge < -0.3 is 9.84 Å². The van der Waals surface area contributed by atoms with Gasteiger partial charge in [-0.3, -0.25) is 4.79 Å². The second kappa shape index (κ2) is 12.8. The molecule has 1 atom stereocenters. The van der Waals surface area contributed by atoms with Crippen LogP contribution in [0.3, 0.4) is 0 Å². The van der Waals surface area contributed by atoms with Crippen LogP contribution in [-0.2, 0) is 28.8 Å². The number of halogens is 4.